The molecule has 2 aromatic carbocycles. The van der Waals surface area contributed by atoms with Crippen molar-refractivity contribution in [2.75, 3.05) is 46.6 Å². The van der Waals surface area contributed by atoms with Crippen LogP contribution in [0.15, 0.2) is 47.3 Å². The number of carbonyl (C=O) groups is 8. The molecule has 2 aliphatic carbocycles. The first-order chi connectivity index (χ1) is 37.4. The number of nitrogens with one attached hydrogen (secondary N) is 7. The Balaban J connectivity index is 0.000000228. The van der Waals surface area contributed by atoms with E-state index >= 15 is 0 Å². The molecule has 22 heteroatoms. The highest BCUT2D eigenvalue weighted by molar-refractivity contribution is 5.93. The van der Waals surface area contributed by atoms with Gasteiger partial charge in [-0.15, -0.1) is 0 Å². The Morgan fingerprint density at radius 3 is 2.23 bits per heavy atom. The van der Waals surface area contributed by atoms with Crippen molar-refractivity contribution in [2.24, 2.45) is 17.8 Å². The maximum atomic E-state index is 14.5. The Labute approximate surface area is 452 Å². The van der Waals surface area contributed by atoms with Crippen LogP contribution in [0.5, 0.6) is 0 Å². The van der Waals surface area contributed by atoms with Gasteiger partial charge in [0.1, 0.15) is 25.8 Å². The van der Waals surface area contributed by atoms with Gasteiger partial charge in [0.15, 0.2) is 6.10 Å². The van der Waals surface area contributed by atoms with Gasteiger partial charge in [-0.3, -0.25) is 38.4 Å². The second kappa shape index (κ2) is 29.8. The van der Waals surface area contributed by atoms with Crippen LogP contribution in [0.1, 0.15) is 112 Å². The SMILES string of the molecule is CC.CC(Cc1ccccc1)NC(=O)CNC(=O)CNC(=O)CCCCCNC(=O)C1C(C)C1C.CNC(=O)COCNC(=O)CNC=O.Cc1c(F)cc2nc3c(c4c2c1CCC4)Cn1c-3cc2c(c1=O)COC(=O)C2O. The summed E-state index contributed by atoms with van der Waals surface area (Å²) in [5.74, 6) is -1.31. The minimum absolute atomic E-state index is 0.0503. The van der Waals surface area contributed by atoms with Gasteiger partial charge in [0.25, 0.3) is 5.56 Å². The zero-order chi connectivity index (χ0) is 57.1. The van der Waals surface area contributed by atoms with E-state index in [9.17, 15) is 52.6 Å². The van der Waals surface area contributed by atoms with Crippen LogP contribution in [0.4, 0.5) is 4.39 Å². The molecule has 0 radical (unpaired) electrons. The highest BCUT2D eigenvalue weighted by atomic mass is 19.1. The lowest BCUT2D eigenvalue weighted by atomic mass is 9.85. The number of ether oxygens (including phenoxy) is 2. The van der Waals surface area contributed by atoms with Crippen LogP contribution in [0, 0.1) is 30.5 Å². The fourth-order valence-electron chi connectivity index (χ4n) is 9.52. The number of likely N-dealkylation sites (N-methyl/N-ethyl adjacent to an activating group) is 1. The van der Waals surface area contributed by atoms with Crippen molar-refractivity contribution >= 4 is 58.7 Å². The standard InChI is InChI=1S/C25H38N4O4.C22H17FN2O4.C7H13N3O4.C2H6/c1-17(14-20-10-6-4-7-11-20)29-23(32)16-28-22(31)15-27-21(30)12-8-5-9-13-26-25(33)24-18(2)19(24)3;1-9-10-3-2-4-11-13-7-25-17(19(13)24-16(18(10)11)6-15(9)23)5-12-14(21(25)27)8-29-22(28)20(12)26;1-8-7(13)3-14-5-10-6(12)2-9-4-11;1-2/h4,6-7,10-11,17-19,24H,5,8-9,12-16H2,1-3H3,(H,26,33)(H,27,30)(H,28,31)(H,29,32);5-6,20,26H,2-4,7-8H2,1H3;4H,2-3,5H2,1H3,(H,8,13)(H,9,11)(H,10,12);1-2H3. The van der Waals surface area contributed by atoms with Crippen LogP contribution < -0.4 is 42.8 Å². The third-order valence-corrected chi connectivity index (χ3v) is 14.0. The van der Waals surface area contributed by atoms with E-state index in [1.165, 1.54) is 13.1 Å². The molecule has 1 saturated carbocycles. The quantitative estimate of drug-likeness (QED) is 0.0227. The number of carbonyl (C=O) groups excluding carboxylic acids is 8. The third kappa shape index (κ3) is 16.5. The van der Waals surface area contributed by atoms with Crippen molar-refractivity contribution < 1.29 is 57.3 Å². The molecule has 0 spiro atoms. The van der Waals surface area contributed by atoms with E-state index in [2.05, 4.69) is 51.1 Å². The first kappa shape index (κ1) is 61.3. The average molecular weight is 1080 g/mol. The van der Waals surface area contributed by atoms with Crippen LogP contribution in [0.25, 0.3) is 22.3 Å². The summed E-state index contributed by atoms with van der Waals surface area (Å²) < 4.78 is 25.8. The summed E-state index contributed by atoms with van der Waals surface area (Å²) >= 11 is 0. The number of aliphatic hydroxyl groups is 1. The number of aliphatic hydroxyl groups excluding tert-OH is 1. The Morgan fingerprint density at radius 1 is 0.859 bits per heavy atom. The molecule has 78 heavy (non-hydrogen) atoms. The number of fused-ring (bicyclic) bond motifs is 5. The van der Waals surface area contributed by atoms with Crippen molar-refractivity contribution in [2.45, 2.75) is 118 Å². The van der Waals surface area contributed by atoms with Crippen molar-refractivity contribution in [3.8, 4) is 11.4 Å². The summed E-state index contributed by atoms with van der Waals surface area (Å²) in [5, 5.41) is 29.0. The number of aryl methyl sites for hydroxylation is 2. The number of nitrogens with zero attached hydrogens (tertiary/aromatic N) is 2. The number of amides is 7. The molecule has 21 nitrogen and oxygen atoms in total. The van der Waals surface area contributed by atoms with E-state index in [4.69, 9.17) is 14.5 Å². The molecule has 4 aliphatic rings. The van der Waals surface area contributed by atoms with Gasteiger partial charge >= 0.3 is 5.97 Å². The predicted molar refractivity (Wildman–Crippen MR) is 288 cm³/mol. The number of hydrogen-bond acceptors (Lipinski definition) is 13. The molecule has 0 saturated heterocycles. The number of rotatable bonds is 21. The maximum Gasteiger partial charge on any atom is 0.340 e. The van der Waals surface area contributed by atoms with Crippen molar-refractivity contribution in [3.63, 3.8) is 0 Å². The summed E-state index contributed by atoms with van der Waals surface area (Å²) in [7, 11) is 1.48. The first-order valence-electron chi connectivity index (χ1n) is 26.5. The zero-order valence-electron chi connectivity index (χ0n) is 45.5. The molecule has 0 bridgehead atoms. The van der Waals surface area contributed by atoms with Gasteiger partial charge < -0.3 is 56.4 Å². The summed E-state index contributed by atoms with van der Waals surface area (Å²) in [5.41, 5.74) is 6.99. The van der Waals surface area contributed by atoms with Crippen LogP contribution in [0.2, 0.25) is 0 Å². The minimum Gasteiger partial charge on any atom is -0.458 e. The first-order valence-corrected chi connectivity index (χ1v) is 26.5. The summed E-state index contributed by atoms with van der Waals surface area (Å²) in [6.45, 7) is 12.2. The molecule has 8 N–H and O–H groups in total. The van der Waals surface area contributed by atoms with Gasteiger partial charge in [-0.2, -0.15) is 0 Å². The van der Waals surface area contributed by atoms with Gasteiger partial charge in [0.2, 0.25) is 41.9 Å². The van der Waals surface area contributed by atoms with Gasteiger partial charge in [-0.1, -0.05) is 64.4 Å². The van der Waals surface area contributed by atoms with Crippen LogP contribution >= 0.6 is 0 Å². The van der Waals surface area contributed by atoms with Crippen molar-refractivity contribution in [3.05, 3.63) is 97.6 Å². The van der Waals surface area contributed by atoms with E-state index < -0.39 is 18.0 Å². The molecule has 422 valence electrons. The summed E-state index contributed by atoms with van der Waals surface area (Å²) in [4.78, 5) is 108. The highest BCUT2D eigenvalue weighted by Crippen LogP contribution is 2.45. The number of pyridine rings is 2. The average Bonchev–Trinajstić information content (AvgIpc) is 4.06. The number of benzene rings is 2. The molecule has 7 amide bonds. The molecule has 4 heterocycles. The third-order valence-electron chi connectivity index (χ3n) is 14.0. The summed E-state index contributed by atoms with van der Waals surface area (Å²) in [6.07, 6.45) is 4.93. The van der Waals surface area contributed by atoms with Crippen molar-refractivity contribution in [1.82, 2.24) is 46.8 Å². The highest BCUT2D eigenvalue weighted by Gasteiger charge is 2.47. The molecule has 8 rings (SSSR count). The molecule has 4 aromatic rings. The lowest BCUT2D eigenvalue weighted by Crippen LogP contribution is -2.44. The number of halogens is 1. The van der Waals surface area contributed by atoms with Gasteiger partial charge in [-0.05, 0) is 92.5 Å². The minimum atomic E-state index is -1.48. The monoisotopic (exact) mass is 1080 g/mol. The molecule has 1 fully saturated rings. The predicted octanol–water partition coefficient (Wildman–Crippen LogP) is 2.59. The van der Waals surface area contributed by atoms with Crippen LogP contribution in [-0.4, -0.2) is 115 Å². The number of cyclic esters (lactones) is 1. The second-order valence-corrected chi connectivity index (χ2v) is 19.3. The molecular weight excluding hydrogens is 1010 g/mol. The topological polar surface area (TPSA) is 294 Å². The molecule has 2 aliphatic heterocycles. The van der Waals surface area contributed by atoms with E-state index in [1.807, 2.05) is 51.1 Å². The Morgan fingerprint density at radius 2 is 1.54 bits per heavy atom. The smallest absolute Gasteiger partial charge is 0.340 e. The van der Waals surface area contributed by atoms with E-state index in [0.29, 0.717) is 78.6 Å². The van der Waals surface area contributed by atoms with Crippen LogP contribution in [-0.2, 0) is 80.2 Å². The molecule has 4 unspecified atom stereocenters. The van der Waals surface area contributed by atoms with E-state index in [-0.39, 0.29) is 98.0 Å². The number of unbranched alkanes of at least 4 members (excludes halogenated alkanes) is 2. The van der Waals surface area contributed by atoms with Crippen molar-refractivity contribution in [1.29, 1.82) is 0 Å². The lowest BCUT2D eigenvalue weighted by Gasteiger charge is -2.22. The molecule has 4 atom stereocenters. The summed E-state index contributed by atoms with van der Waals surface area (Å²) in [6, 6.07) is 12.9. The fraction of sp³-hybridized carbons (Fsp3) is 0.500. The number of aromatic nitrogens is 2. The molecule has 2 aromatic heterocycles. The van der Waals surface area contributed by atoms with E-state index in [0.717, 1.165) is 59.7 Å². The Kier molecular flexibility index (Phi) is 23.4. The second-order valence-electron chi connectivity index (χ2n) is 19.3. The lowest BCUT2D eigenvalue weighted by molar-refractivity contribution is -0.157. The van der Waals surface area contributed by atoms with Gasteiger partial charge in [0, 0.05) is 54.6 Å². The van der Waals surface area contributed by atoms with E-state index in [1.54, 1.807) is 17.6 Å². The normalized spacial score (nSPS) is 17.1. The van der Waals surface area contributed by atoms with Gasteiger partial charge in [-0.25, -0.2) is 14.2 Å². The van der Waals surface area contributed by atoms with Gasteiger partial charge in [0.05, 0.1) is 48.6 Å². The van der Waals surface area contributed by atoms with Crippen LogP contribution in [0.3, 0.4) is 0 Å². The number of hydrogen-bond donors (Lipinski definition) is 8. The number of esters is 1. The largest absolute Gasteiger partial charge is 0.458 e. The Bertz CT molecular complexity index is 2870. The zero-order valence-corrected chi connectivity index (χ0v) is 45.5. The molecular formula is C56H74FN9O12. The maximum absolute atomic E-state index is 14.5. The Hall–Kier alpha value is -7.59. The fourth-order valence-corrected chi connectivity index (χ4v) is 9.52.